The first-order valence-corrected chi connectivity index (χ1v) is 6.82. The Hall–Kier alpha value is -1.59. The molecule has 0 saturated heterocycles. The number of hydrogen-bond acceptors (Lipinski definition) is 4. The molecule has 0 aromatic carbocycles. The van der Waals surface area contributed by atoms with Crippen LogP contribution in [-0.4, -0.2) is 27.0 Å². The largest absolute Gasteiger partial charge is 0.495 e. The molecule has 108 valence electrons. The molecule has 2 aromatic rings. The van der Waals surface area contributed by atoms with E-state index in [-0.39, 0.29) is 0 Å². The summed E-state index contributed by atoms with van der Waals surface area (Å²) in [6.07, 6.45) is 3.64. The van der Waals surface area contributed by atoms with Gasteiger partial charge in [0.1, 0.15) is 5.75 Å². The molecule has 0 fully saturated rings. The molecule has 5 nitrogen and oxygen atoms in total. The average Bonchev–Trinajstić information content (AvgIpc) is 2.74. The smallest absolute Gasteiger partial charge is 0.142 e. The summed E-state index contributed by atoms with van der Waals surface area (Å²) in [7, 11) is 3.39. The van der Waals surface area contributed by atoms with Crippen LogP contribution in [0.15, 0.2) is 18.5 Å². The van der Waals surface area contributed by atoms with E-state index in [1.165, 1.54) is 0 Å². The van der Waals surface area contributed by atoms with Crippen molar-refractivity contribution in [1.82, 2.24) is 14.8 Å². The van der Waals surface area contributed by atoms with Crippen molar-refractivity contribution in [3.05, 3.63) is 40.4 Å². The first kappa shape index (κ1) is 14.8. The van der Waals surface area contributed by atoms with E-state index in [0.29, 0.717) is 22.8 Å². The normalized spacial score (nSPS) is 12.4. The molecule has 2 heterocycles. The lowest BCUT2D eigenvalue weighted by atomic mass is 10.0. The van der Waals surface area contributed by atoms with Crippen molar-refractivity contribution in [2.24, 2.45) is 7.05 Å². The van der Waals surface area contributed by atoms with Crippen LogP contribution in [0.4, 0.5) is 0 Å². The van der Waals surface area contributed by atoms with Gasteiger partial charge in [0.2, 0.25) is 0 Å². The number of aryl methyl sites for hydroxylation is 2. The number of pyridine rings is 1. The highest BCUT2D eigenvalue weighted by molar-refractivity contribution is 6.31. The van der Waals surface area contributed by atoms with Gasteiger partial charge in [0.05, 0.1) is 35.8 Å². The van der Waals surface area contributed by atoms with E-state index < -0.39 is 6.10 Å². The fourth-order valence-corrected chi connectivity index (χ4v) is 2.54. The number of halogens is 1. The molecule has 0 spiro atoms. The van der Waals surface area contributed by atoms with Crippen molar-refractivity contribution in [1.29, 1.82) is 0 Å². The zero-order chi connectivity index (χ0) is 14.7. The number of methoxy groups -OCH3 is 1. The Morgan fingerprint density at radius 1 is 1.50 bits per heavy atom. The van der Waals surface area contributed by atoms with Gasteiger partial charge >= 0.3 is 0 Å². The van der Waals surface area contributed by atoms with E-state index in [4.69, 9.17) is 16.3 Å². The van der Waals surface area contributed by atoms with Gasteiger partial charge in [0, 0.05) is 25.2 Å². The Kier molecular flexibility index (Phi) is 4.62. The highest BCUT2D eigenvalue weighted by Gasteiger charge is 2.20. The maximum absolute atomic E-state index is 10.4. The van der Waals surface area contributed by atoms with Crippen molar-refractivity contribution < 1.29 is 9.84 Å². The Morgan fingerprint density at radius 2 is 2.25 bits per heavy atom. The molecule has 20 heavy (non-hydrogen) atoms. The Labute approximate surface area is 123 Å². The predicted molar refractivity (Wildman–Crippen MR) is 77.0 cm³/mol. The fraction of sp³-hybridized carbons (Fsp3) is 0.429. The predicted octanol–water partition coefficient (Wildman–Crippen LogP) is 2.32. The highest BCUT2D eigenvalue weighted by atomic mass is 35.5. The number of ether oxygens (including phenoxy) is 1. The Bertz CT molecular complexity index is 598. The standard InChI is InChI=1S/C14H18ClN3O2/c1-4-10-14(15)11(18(2)17-10)7-12(19)9-5-6-16-8-13(9)20-3/h5-6,8,12,19H,4,7H2,1-3H3. The summed E-state index contributed by atoms with van der Waals surface area (Å²) in [6, 6.07) is 1.74. The second-order valence-electron chi connectivity index (χ2n) is 4.52. The molecule has 1 unspecified atom stereocenters. The molecule has 0 bridgehead atoms. The van der Waals surface area contributed by atoms with Crippen LogP contribution in [0.1, 0.15) is 30.0 Å². The van der Waals surface area contributed by atoms with Crippen LogP contribution in [0.2, 0.25) is 5.02 Å². The van der Waals surface area contributed by atoms with Crippen molar-refractivity contribution in [2.75, 3.05) is 7.11 Å². The molecule has 0 aliphatic heterocycles. The van der Waals surface area contributed by atoms with Gasteiger partial charge in [-0.1, -0.05) is 18.5 Å². The number of aromatic nitrogens is 3. The molecule has 0 saturated carbocycles. The number of aliphatic hydroxyl groups excluding tert-OH is 1. The third kappa shape index (κ3) is 2.78. The lowest BCUT2D eigenvalue weighted by Gasteiger charge is -2.14. The van der Waals surface area contributed by atoms with Gasteiger partial charge in [-0.15, -0.1) is 0 Å². The van der Waals surface area contributed by atoms with Crippen molar-refractivity contribution in [2.45, 2.75) is 25.9 Å². The molecule has 0 radical (unpaired) electrons. The Balaban J connectivity index is 2.28. The quantitative estimate of drug-likeness (QED) is 0.919. The van der Waals surface area contributed by atoms with Crippen LogP contribution >= 0.6 is 11.6 Å². The summed E-state index contributed by atoms with van der Waals surface area (Å²) in [6.45, 7) is 2.00. The van der Waals surface area contributed by atoms with Crippen LogP contribution in [0.3, 0.4) is 0 Å². The summed E-state index contributed by atoms with van der Waals surface area (Å²) < 4.78 is 6.93. The van der Waals surface area contributed by atoms with Gasteiger partial charge in [0.25, 0.3) is 0 Å². The minimum atomic E-state index is -0.717. The molecular weight excluding hydrogens is 278 g/mol. The van der Waals surface area contributed by atoms with Gasteiger partial charge in [-0.25, -0.2) is 0 Å². The summed E-state index contributed by atoms with van der Waals surface area (Å²) in [5.74, 6) is 0.564. The van der Waals surface area contributed by atoms with Crippen LogP contribution in [0.5, 0.6) is 5.75 Å². The SMILES string of the molecule is CCc1nn(C)c(CC(O)c2ccncc2OC)c1Cl. The summed E-state index contributed by atoms with van der Waals surface area (Å²) in [4.78, 5) is 3.98. The molecule has 2 rings (SSSR count). The van der Waals surface area contributed by atoms with Crippen LogP contribution in [-0.2, 0) is 19.9 Å². The van der Waals surface area contributed by atoms with Gasteiger partial charge in [-0.3, -0.25) is 9.67 Å². The lowest BCUT2D eigenvalue weighted by Crippen LogP contribution is -2.08. The Morgan fingerprint density at radius 3 is 2.85 bits per heavy atom. The summed E-state index contributed by atoms with van der Waals surface area (Å²) >= 11 is 6.30. The molecule has 0 aliphatic rings. The van der Waals surface area contributed by atoms with E-state index in [2.05, 4.69) is 10.1 Å². The maximum atomic E-state index is 10.4. The van der Waals surface area contributed by atoms with Gasteiger partial charge < -0.3 is 9.84 Å². The van der Waals surface area contributed by atoms with Crippen molar-refractivity contribution in [3.63, 3.8) is 0 Å². The maximum Gasteiger partial charge on any atom is 0.142 e. The minimum absolute atomic E-state index is 0.378. The summed E-state index contributed by atoms with van der Waals surface area (Å²) in [5.41, 5.74) is 2.35. The highest BCUT2D eigenvalue weighted by Crippen LogP contribution is 2.29. The van der Waals surface area contributed by atoms with Crippen molar-refractivity contribution >= 4 is 11.6 Å². The number of rotatable bonds is 5. The van der Waals surface area contributed by atoms with Crippen molar-refractivity contribution in [3.8, 4) is 5.75 Å². The first-order chi connectivity index (χ1) is 9.58. The molecule has 0 aliphatic carbocycles. The molecular formula is C14H18ClN3O2. The number of aliphatic hydroxyl groups is 1. The zero-order valence-corrected chi connectivity index (χ0v) is 12.6. The second kappa shape index (κ2) is 6.24. The fourth-order valence-electron chi connectivity index (χ4n) is 2.17. The topological polar surface area (TPSA) is 60.2 Å². The number of nitrogens with zero attached hydrogens (tertiary/aromatic N) is 3. The van der Waals surface area contributed by atoms with Crippen LogP contribution in [0.25, 0.3) is 0 Å². The van der Waals surface area contributed by atoms with E-state index in [0.717, 1.165) is 17.8 Å². The van der Waals surface area contributed by atoms with E-state index in [1.54, 1.807) is 30.3 Å². The van der Waals surface area contributed by atoms with Crippen LogP contribution < -0.4 is 4.74 Å². The zero-order valence-electron chi connectivity index (χ0n) is 11.8. The molecule has 2 aromatic heterocycles. The average molecular weight is 296 g/mol. The first-order valence-electron chi connectivity index (χ1n) is 6.44. The van der Waals surface area contributed by atoms with E-state index >= 15 is 0 Å². The van der Waals surface area contributed by atoms with Gasteiger partial charge in [-0.05, 0) is 12.5 Å². The lowest BCUT2D eigenvalue weighted by molar-refractivity contribution is 0.171. The molecule has 1 atom stereocenters. The van der Waals surface area contributed by atoms with E-state index in [1.807, 2.05) is 14.0 Å². The minimum Gasteiger partial charge on any atom is -0.495 e. The third-order valence-electron chi connectivity index (χ3n) is 3.29. The van der Waals surface area contributed by atoms with Gasteiger partial charge in [0.15, 0.2) is 0 Å². The molecule has 1 N–H and O–H groups in total. The third-order valence-corrected chi connectivity index (χ3v) is 3.72. The van der Waals surface area contributed by atoms with E-state index in [9.17, 15) is 5.11 Å². The second-order valence-corrected chi connectivity index (χ2v) is 4.90. The molecule has 6 heteroatoms. The molecule has 0 amide bonds. The van der Waals surface area contributed by atoms with Gasteiger partial charge in [-0.2, -0.15) is 5.10 Å². The number of hydrogen-bond donors (Lipinski definition) is 1. The van der Waals surface area contributed by atoms with Crippen LogP contribution in [0, 0.1) is 0 Å². The summed E-state index contributed by atoms with van der Waals surface area (Å²) in [5, 5.41) is 15.4. The monoisotopic (exact) mass is 295 g/mol.